The van der Waals surface area contributed by atoms with Crippen LogP contribution >= 0.6 is 11.8 Å². The second-order valence-corrected chi connectivity index (χ2v) is 8.13. The zero-order chi connectivity index (χ0) is 23.4. The Kier molecular flexibility index (Phi) is 6.67. The van der Waals surface area contributed by atoms with E-state index >= 15 is 0 Å². The van der Waals surface area contributed by atoms with Crippen LogP contribution in [0, 0.1) is 0 Å². The lowest BCUT2D eigenvalue weighted by Gasteiger charge is -2.16. The van der Waals surface area contributed by atoms with Gasteiger partial charge in [-0.25, -0.2) is 4.99 Å². The Balaban J connectivity index is 1.78. The molecule has 1 amide bonds. The molecule has 33 heavy (non-hydrogen) atoms. The fraction of sp³-hybridized carbons (Fsp3) is 0.120. The smallest absolute Gasteiger partial charge is 0.271 e. The number of phenolic OH excluding ortho intramolecular Hbond substituents is 1. The highest BCUT2D eigenvalue weighted by Crippen LogP contribution is 2.41. The molecule has 0 aliphatic carbocycles. The quantitative estimate of drug-likeness (QED) is 0.518. The molecule has 0 spiro atoms. The van der Waals surface area contributed by atoms with Crippen molar-refractivity contribution in [3.8, 4) is 17.2 Å². The predicted octanol–water partition coefficient (Wildman–Crippen LogP) is 4.68. The monoisotopic (exact) mass is 461 g/mol. The second kappa shape index (κ2) is 9.81. The van der Waals surface area contributed by atoms with Crippen molar-refractivity contribution in [1.82, 2.24) is 0 Å². The van der Waals surface area contributed by atoms with Crippen LogP contribution < -0.4 is 20.1 Å². The number of nitrogens with zero attached hydrogens (tertiary/aromatic N) is 2. The number of amidine groups is 1. The maximum Gasteiger partial charge on any atom is 0.271 e. The van der Waals surface area contributed by atoms with E-state index in [-0.39, 0.29) is 23.2 Å². The molecule has 4 rings (SSSR count). The zero-order valence-corrected chi connectivity index (χ0v) is 19.0. The number of anilines is 1. The normalized spacial score (nSPS) is 16.0. The molecule has 1 aliphatic heterocycles. The first kappa shape index (κ1) is 22.4. The van der Waals surface area contributed by atoms with Crippen molar-refractivity contribution in [2.45, 2.75) is 6.54 Å². The number of amides is 1. The van der Waals surface area contributed by atoms with Gasteiger partial charge in [0.05, 0.1) is 30.5 Å². The molecule has 7 nitrogen and oxygen atoms in total. The van der Waals surface area contributed by atoms with E-state index < -0.39 is 0 Å². The SMILES string of the molecule is COc1cc(/C=C2/S/C(=N/c3ccccc3)N(c3ccc(CN)cc3)C2=O)cc(OC)c1O. The maximum atomic E-state index is 13.5. The lowest BCUT2D eigenvalue weighted by molar-refractivity contribution is -0.113. The summed E-state index contributed by atoms with van der Waals surface area (Å²) in [6.45, 7) is 0.420. The molecule has 0 atom stereocenters. The number of carbonyl (C=O) groups is 1. The van der Waals surface area contributed by atoms with Gasteiger partial charge in [0.25, 0.3) is 5.91 Å². The molecule has 0 bridgehead atoms. The van der Waals surface area contributed by atoms with Crippen molar-refractivity contribution in [1.29, 1.82) is 0 Å². The fourth-order valence-corrected chi connectivity index (χ4v) is 4.32. The average molecular weight is 462 g/mol. The van der Waals surface area contributed by atoms with E-state index in [0.717, 1.165) is 11.3 Å². The van der Waals surface area contributed by atoms with Crippen LogP contribution in [0.25, 0.3) is 6.08 Å². The minimum Gasteiger partial charge on any atom is -0.502 e. The Morgan fingerprint density at radius 1 is 1.03 bits per heavy atom. The van der Waals surface area contributed by atoms with Crippen molar-refractivity contribution in [3.63, 3.8) is 0 Å². The van der Waals surface area contributed by atoms with Crippen LogP contribution in [0.4, 0.5) is 11.4 Å². The number of aromatic hydroxyl groups is 1. The molecule has 168 valence electrons. The number of rotatable bonds is 6. The molecular formula is C25H23N3O4S. The first-order valence-corrected chi connectivity index (χ1v) is 11.0. The number of hydrogen-bond acceptors (Lipinski definition) is 7. The van der Waals surface area contributed by atoms with Crippen LogP contribution in [0.2, 0.25) is 0 Å². The number of carbonyl (C=O) groups excluding carboxylic acids is 1. The fourth-order valence-electron chi connectivity index (χ4n) is 3.32. The van der Waals surface area contributed by atoms with Gasteiger partial charge in [-0.05, 0) is 65.4 Å². The first-order valence-electron chi connectivity index (χ1n) is 10.2. The van der Waals surface area contributed by atoms with E-state index in [4.69, 9.17) is 20.2 Å². The molecular weight excluding hydrogens is 438 g/mol. The summed E-state index contributed by atoms with van der Waals surface area (Å²) in [7, 11) is 2.91. The summed E-state index contributed by atoms with van der Waals surface area (Å²) in [6, 6.07) is 20.3. The molecule has 0 radical (unpaired) electrons. The minimum absolute atomic E-state index is 0.0968. The van der Waals surface area contributed by atoms with Crippen LogP contribution in [-0.4, -0.2) is 30.4 Å². The molecule has 1 fully saturated rings. The Bertz CT molecular complexity index is 1200. The van der Waals surface area contributed by atoms with Gasteiger partial charge < -0.3 is 20.3 Å². The molecule has 3 aromatic rings. The number of benzene rings is 3. The predicted molar refractivity (Wildman–Crippen MR) is 132 cm³/mol. The van der Waals surface area contributed by atoms with Gasteiger partial charge in [0.1, 0.15) is 0 Å². The van der Waals surface area contributed by atoms with Crippen LogP contribution in [0.5, 0.6) is 17.2 Å². The summed E-state index contributed by atoms with van der Waals surface area (Å²) in [5, 5.41) is 10.7. The van der Waals surface area contributed by atoms with E-state index in [1.165, 1.54) is 26.0 Å². The molecule has 3 N–H and O–H groups in total. The van der Waals surface area contributed by atoms with Gasteiger partial charge in [-0.15, -0.1) is 0 Å². The number of methoxy groups -OCH3 is 2. The molecule has 0 aromatic heterocycles. The summed E-state index contributed by atoms with van der Waals surface area (Å²) in [5.41, 5.74) is 8.78. The van der Waals surface area contributed by atoms with Crippen LogP contribution in [0.15, 0.2) is 76.6 Å². The van der Waals surface area contributed by atoms with Crippen LogP contribution in [0.3, 0.4) is 0 Å². The third kappa shape index (κ3) is 4.72. The summed E-state index contributed by atoms with van der Waals surface area (Å²) in [5.74, 6) is 0.204. The minimum atomic E-state index is -0.207. The van der Waals surface area contributed by atoms with E-state index in [9.17, 15) is 9.90 Å². The molecule has 0 unspecified atom stereocenters. The van der Waals surface area contributed by atoms with Gasteiger partial charge in [-0.1, -0.05) is 30.3 Å². The summed E-state index contributed by atoms with van der Waals surface area (Å²) >= 11 is 1.27. The Morgan fingerprint density at radius 2 is 1.67 bits per heavy atom. The lowest BCUT2D eigenvalue weighted by atomic mass is 10.1. The highest BCUT2D eigenvalue weighted by Gasteiger charge is 2.35. The average Bonchev–Trinajstić information content (AvgIpc) is 3.14. The third-order valence-electron chi connectivity index (χ3n) is 5.02. The van der Waals surface area contributed by atoms with Gasteiger partial charge in [0.2, 0.25) is 5.75 Å². The Hall–Kier alpha value is -3.75. The molecule has 0 saturated carbocycles. The van der Waals surface area contributed by atoms with Gasteiger partial charge in [0, 0.05) is 6.54 Å². The lowest BCUT2D eigenvalue weighted by Crippen LogP contribution is -2.28. The molecule has 1 heterocycles. The van der Waals surface area contributed by atoms with E-state index in [1.54, 1.807) is 23.1 Å². The van der Waals surface area contributed by atoms with Gasteiger partial charge in [-0.3, -0.25) is 9.69 Å². The van der Waals surface area contributed by atoms with Crippen molar-refractivity contribution in [2.75, 3.05) is 19.1 Å². The van der Waals surface area contributed by atoms with Crippen molar-refractivity contribution >= 4 is 40.3 Å². The van der Waals surface area contributed by atoms with Crippen molar-refractivity contribution < 1.29 is 19.4 Å². The summed E-state index contributed by atoms with van der Waals surface area (Å²) < 4.78 is 10.5. The van der Waals surface area contributed by atoms with Gasteiger partial charge in [0.15, 0.2) is 16.7 Å². The third-order valence-corrected chi connectivity index (χ3v) is 5.99. The number of thioether (sulfide) groups is 1. The number of para-hydroxylation sites is 1. The van der Waals surface area contributed by atoms with Crippen molar-refractivity contribution in [2.24, 2.45) is 10.7 Å². The van der Waals surface area contributed by atoms with Crippen LogP contribution in [0.1, 0.15) is 11.1 Å². The molecule has 3 aromatic carbocycles. The van der Waals surface area contributed by atoms with Crippen molar-refractivity contribution in [3.05, 3.63) is 82.8 Å². The van der Waals surface area contributed by atoms with E-state index in [2.05, 4.69) is 0 Å². The Morgan fingerprint density at radius 3 is 2.24 bits per heavy atom. The van der Waals surface area contributed by atoms with Crippen LogP contribution in [-0.2, 0) is 11.3 Å². The Labute approximate surface area is 196 Å². The number of phenols is 1. The highest BCUT2D eigenvalue weighted by atomic mass is 32.2. The summed E-state index contributed by atoms with van der Waals surface area (Å²) in [4.78, 5) is 20.2. The molecule has 1 saturated heterocycles. The first-order chi connectivity index (χ1) is 16.0. The molecule has 1 aliphatic rings. The number of hydrogen-bond donors (Lipinski definition) is 2. The molecule has 8 heteroatoms. The zero-order valence-electron chi connectivity index (χ0n) is 18.2. The van der Waals surface area contributed by atoms with Gasteiger partial charge in [-0.2, -0.15) is 0 Å². The van der Waals surface area contributed by atoms with Gasteiger partial charge >= 0.3 is 0 Å². The number of ether oxygens (including phenoxy) is 2. The van der Waals surface area contributed by atoms with E-state index in [0.29, 0.717) is 27.9 Å². The number of nitrogens with two attached hydrogens (primary N) is 1. The second-order valence-electron chi connectivity index (χ2n) is 7.13. The standard InChI is InChI=1S/C25H23N3O4S/c1-31-20-12-17(13-21(32-2)23(20)29)14-22-24(30)28(19-10-8-16(15-26)9-11-19)25(33-22)27-18-6-4-3-5-7-18/h3-14,29H,15,26H2,1-2H3/b22-14+,27-25+. The topological polar surface area (TPSA) is 97.4 Å². The largest absolute Gasteiger partial charge is 0.502 e. The maximum absolute atomic E-state index is 13.5. The number of aliphatic imine (C=N–C) groups is 1. The summed E-state index contributed by atoms with van der Waals surface area (Å²) in [6.07, 6.45) is 1.73. The highest BCUT2D eigenvalue weighted by molar-refractivity contribution is 8.19. The van der Waals surface area contributed by atoms with E-state index in [1.807, 2.05) is 54.6 Å².